The number of esters is 1. The molecule has 0 bridgehead atoms. The molecule has 0 spiro atoms. The standard InChI is InChI=1S/C22H22N4O4S2/c1-4-13-12(3)32-20(18(13)21(28)29-5-2)24-17(27)11-31-22-26-25-19(30-22)15-10-23-16-9-7-6-8-14(15)16/h6-10,23H,4-5,11H2,1-3H3,(H,24,27). The molecule has 0 aliphatic heterocycles. The Morgan fingerprint density at radius 1 is 1.25 bits per heavy atom. The number of carbonyl (C=O) groups excluding carboxylic acids is 2. The largest absolute Gasteiger partial charge is 0.462 e. The minimum atomic E-state index is -0.420. The van der Waals surface area contributed by atoms with Crippen molar-refractivity contribution in [2.45, 2.75) is 32.4 Å². The number of hydrogen-bond acceptors (Lipinski definition) is 8. The van der Waals surface area contributed by atoms with E-state index in [9.17, 15) is 9.59 Å². The molecule has 0 aliphatic carbocycles. The van der Waals surface area contributed by atoms with Gasteiger partial charge in [0.1, 0.15) is 5.00 Å². The topological polar surface area (TPSA) is 110 Å². The lowest BCUT2D eigenvalue weighted by Crippen LogP contribution is -2.16. The van der Waals surface area contributed by atoms with E-state index in [0.29, 0.717) is 28.1 Å². The molecular formula is C22H22N4O4S2. The van der Waals surface area contributed by atoms with Gasteiger partial charge in [-0.05, 0) is 31.9 Å². The second-order valence-electron chi connectivity index (χ2n) is 6.87. The highest BCUT2D eigenvalue weighted by Gasteiger charge is 2.23. The lowest BCUT2D eigenvalue weighted by Gasteiger charge is -2.07. The van der Waals surface area contributed by atoms with Gasteiger partial charge in [-0.25, -0.2) is 4.79 Å². The molecule has 10 heteroatoms. The molecule has 0 saturated heterocycles. The zero-order valence-electron chi connectivity index (χ0n) is 17.9. The van der Waals surface area contributed by atoms with Gasteiger partial charge in [-0.15, -0.1) is 21.5 Å². The monoisotopic (exact) mass is 470 g/mol. The van der Waals surface area contributed by atoms with Gasteiger partial charge in [-0.1, -0.05) is 36.9 Å². The molecule has 0 radical (unpaired) electrons. The van der Waals surface area contributed by atoms with Crippen LogP contribution in [0.5, 0.6) is 0 Å². The molecule has 2 N–H and O–H groups in total. The first kappa shape index (κ1) is 22.1. The van der Waals surface area contributed by atoms with Crippen molar-refractivity contribution in [3.63, 3.8) is 0 Å². The average Bonchev–Trinajstić information content (AvgIpc) is 3.48. The van der Waals surface area contributed by atoms with E-state index in [-0.39, 0.29) is 18.3 Å². The van der Waals surface area contributed by atoms with Crippen LogP contribution in [0.1, 0.15) is 34.6 Å². The number of H-pyrrole nitrogens is 1. The minimum absolute atomic E-state index is 0.0657. The fourth-order valence-corrected chi connectivity index (χ4v) is 5.14. The Hall–Kier alpha value is -3.11. The van der Waals surface area contributed by atoms with Gasteiger partial charge in [0.15, 0.2) is 0 Å². The van der Waals surface area contributed by atoms with E-state index in [0.717, 1.165) is 38.7 Å². The first-order chi connectivity index (χ1) is 15.5. The molecule has 1 amide bonds. The van der Waals surface area contributed by atoms with Crippen LogP contribution in [0, 0.1) is 6.92 Å². The summed E-state index contributed by atoms with van der Waals surface area (Å²) in [6.45, 7) is 5.93. The zero-order valence-corrected chi connectivity index (χ0v) is 19.5. The number of ether oxygens (including phenoxy) is 1. The van der Waals surface area contributed by atoms with Crippen LogP contribution in [0.2, 0.25) is 0 Å². The summed E-state index contributed by atoms with van der Waals surface area (Å²) in [6, 6.07) is 7.83. The number of nitrogens with one attached hydrogen (secondary N) is 2. The molecule has 0 fully saturated rings. The maximum Gasteiger partial charge on any atom is 0.341 e. The molecule has 4 aromatic rings. The highest BCUT2D eigenvalue weighted by molar-refractivity contribution is 7.99. The summed E-state index contributed by atoms with van der Waals surface area (Å²) in [6.07, 6.45) is 2.50. The third-order valence-corrected chi connectivity index (χ3v) is 6.73. The van der Waals surface area contributed by atoms with Gasteiger partial charge in [-0.3, -0.25) is 4.79 Å². The molecule has 8 nitrogen and oxygen atoms in total. The number of aryl methyl sites for hydroxylation is 1. The summed E-state index contributed by atoms with van der Waals surface area (Å²) in [5.41, 5.74) is 3.13. The van der Waals surface area contributed by atoms with Crippen LogP contribution in [0.25, 0.3) is 22.4 Å². The molecule has 3 heterocycles. The van der Waals surface area contributed by atoms with Crippen molar-refractivity contribution in [1.29, 1.82) is 0 Å². The van der Waals surface area contributed by atoms with Crippen molar-refractivity contribution in [3.8, 4) is 11.5 Å². The van der Waals surface area contributed by atoms with Gasteiger partial charge < -0.3 is 19.5 Å². The number of anilines is 1. The molecule has 1 aromatic carbocycles. The minimum Gasteiger partial charge on any atom is -0.462 e. The molecular weight excluding hydrogens is 448 g/mol. The number of thioether (sulfide) groups is 1. The Bertz CT molecular complexity index is 1270. The molecule has 4 rings (SSSR count). The predicted molar refractivity (Wildman–Crippen MR) is 125 cm³/mol. The van der Waals surface area contributed by atoms with Gasteiger partial charge in [0, 0.05) is 22.0 Å². The maximum absolute atomic E-state index is 12.6. The Labute approximate surface area is 192 Å². The van der Waals surface area contributed by atoms with E-state index in [1.54, 1.807) is 6.92 Å². The van der Waals surface area contributed by atoms with E-state index >= 15 is 0 Å². The predicted octanol–water partition coefficient (Wildman–Crippen LogP) is 5.06. The van der Waals surface area contributed by atoms with Crippen molar-refractivity contribution >= 4 is 50.9 Å². The highest BCUT2D eigenvalue weighted by Crippen LogP contribution is 2.34. The summed E-state index contributed by atoms with van der Waals surface area (Å²) < 4.78 is 10.9. The number of para-hydroxylation sites is 1. The smallest absolute Gasteiger partial charge is 0.341 e. The molecule has 0 atom stereocenters. The summed E-state index contributed by atoms with van der Waals surface area (Å²) in [7, 11) is 0. The Morgan fingerprint density at radius 3 is 2.84 bits per heavy atom. The van der Waals surface area contributed by atoms with E-state index in [4.69, 9.17) is 9.15 Å². The Kier molecular flexibility index (Phi) is 6.61. The van der Waals surface area contributed by atoms with Crippen molar-refractivity contribution < 1.29 is 18.7 Å². The fraction of sp³-hybridized carbons (Fsp3) is 0.273. The lowest BCUT2D eigenvalue weighted by atomic mass is 10.1. The second-order valence-corrected chi connectivity index (χ2v) is 9.02. The molecule has 0 aliphatic rings. The Morgan fingerprint density at radius 2 is 2.06 bits per heavy atom. The summed E-state index contributed by atoms with van der Waals surface area (Å²) in [4.78, 5) is 29.1. The molecule has 32 heavy (non-hydrogen) atoms. The summed E-state index contributed by atoms with van der Waals surface area (Å²) in [5.74, 6) is -0.236. The lowest BCUT2D eigenvalue weighted by molar-refractivity contribution is -0.113. The molecule has 3 aromatic heterocycles. The number of amides is 1. The third-order valence-electron chi connectivity index (χ3n) is 4.85. The van der Waals surface area contributed by atoms with Crippen LogP contribution in [0.4, 0.5) is 5.00 Å². The van der Waals surface area contributed by atoms with Crippen LogP contribution in [0.3, 0.4) is 0 Å². The number of thiophene rings is 1. The number of fused-ring (bicyclic) bond motifs is 1. The first-order valence-corrected chi connectivity index (χ1v) is 11.9. The number of benzene rings is 1. The number of aromatic amines is 1. The van der Waals surface area contributed by atoms with E-state index < -0.39 is 5.97 Å². The van der Waals surface area contributed by atoms with Crippen molar-refractivity contribution in [2.24, 2.45) is 0 Å². The van der Waals surface area contributed by atoms with Gasteiger partial charge in [0.2, 0.25) is 5.91 Å². The number of carbonyl (C=O) groups is 2. The average molecular weight is 471 g/mol. The number of nitrogens with zero attached hydrogens (tertiary/aromatic N) is 2. The van der Waals surface area contributed by atoms with Crippen molar-refractivity contribution in [3.05, 3.63) is 46.5 Å². The van der Waals surface area contributed by atoms with Gasteiger partial charge >= 0.3 is 5.97 Å². The summed E-state index contributed by atoms with van der Waals surface area (Å²) in [5, 5.41) is 12.8. The third kappa shape index (κ3) is 4.42. The number of rotatable bonds is 8. The van der Waals surface area contributed by atoms with Gasteiger partial charge in [0.05, 0.1) is 23.5 Å². The number of hydrogen-bond donors (Lipinski definition) is 2. The van der Waals surface area contributed by atoms with Crippen LogP contribution in [0.15, 0.2) is 40.1 Å². The van der Waals surface area contributed by atoms with E-state index in [2.05, 4.69) is 20.5 Å². The van der Waals surface area contributed by atoms with Crippen molar-refractivity contribution in [2.75, 3.05) is 17.7 Å². The maximum atomic E-state index is 12.6. The van der Waals surface area contributed by atoms with Crippen LogP contribution >= 0.6 is 23.1 Å². The van der Waals surface area contributed by atoms with E-state index in [1.807, 2.05) is 44.3 Å². The first-order valence-electron chi connectivity index (χ1n) is 10.1. The quantitative estimate of drug-likeness (QED) is 0.274. The highest BCUT2D eigenvalue weighted by atomic mass is 32.2. The summed E-state index contributed by atoms with van der Waals surface area (Å²) >= 11 is 2.51. The van der Waals surface area contributed by atoms with Crippen LogP contribution in [-0.4, -0.2) is 39.4 Å². The zero-order chi connectivity index (χ0) is 22.7. The van der Waals surface area contributed by atoms with Crippen LogP contribution < -0.4 is 5.32 Å². The molecule has 0 unspecified atom stereocenters. The van der Waals surface area contributed by atoms with Gasteiger partial charge in [-0.2, -0.15) is 0 Å². The molecule has 166 valence electrons. The second kappa shape index (κ2) is 9.58. The number of aromatic nitrogens is 3. The van der Waals surface area contributed by atoms with Crippen molar-refractivity contribution in [1.82, 2.24) is 15.2 Å². The van der Waals surface area contributed by atoms with E-state index in [1.165, 1.54) is 11.3 Å². The normalized spacial score (nSPS) is 11.1. The fourth-order valence-electron chi connectivity index (χ4n) is 3.43. The van der Waals surface area contributed by atoms with Crippen LogP contribution in [-0.2, 0) is 16.0 Å². The Balaban J connectivity index is 1.44. The van der Waals surface area contributed by atoms with Gasteiger partial charge in [0.25, 0.3) is 11.1 Å². The SMILES string of the molecule is CCOC(=O)c1c(NC(=O)CSc2nnc(-c3c[nH]c4ccccc34)o2)sc(C)c1CC. The molecule has 0 saturated carbocycles.